The predicted molar refractivity (Wildman–Crippen MR) is 59.0 cm³/mol. The molecule has 5 nitrogen and oxygen atoms in total. The first-order chi connectivity index (χ1) is 7.76. The van der Waals surface area contributed by atoms with Crippen LogP contribution in [0.2, 0.25) is 0 Å². The number of phenolic OH excluding ortho intramolecular Hbond substituents is 2. The molecule has 0 saturated carbocycles. The Morgan fingerprint density at radius 1 is 1.35 bits per heavy atom. The summed E-state index contributed by atoms with van der Waals surface area (Å²) < 4.78 is 4.97. The van der Waals surface area contributed by atoms with Crippen LogP contribution in [0.25, 0.3) is 0 Å². The second kappa shape index (κ2) is 3.37. The van der Waals surface area contributed by atoms with E-state index >= 15 is 0 Å². The highest BCUT2D eigenvalue weighted by Gasteiger charge is 2.44. The molecule has 1 aromatic rings. The zero-order valence-corrected chi connectivity index (χ0v) is 9.81. The Hall–Kier alpha value is -1.75. The van der Waals surface area contributed by atoms with Crippen LogP contribution in [-0.4, -0.2) is 27.4 Å². The summed E-state index contributed by atoms with van der Waals surface area (Å²) in [5, 5.41) is 29.7. The summed E-state index contributed by atoms with van der Waals surface area (Å²) >= 11 is 0. The van der Waals surface area contributed by atoms with Gasteiger partial charge in [0.15, 0.2) is 0 Å². The summed E-state index contributed by atoms with van der Waals surface area (Å²) in [6.07, 6.45) is -0.748. The van der Waals surface area contributed by atoms with Crippen molar-refractivity contribution in [1.29, 1.82) is 0 Å². The molecule has 2 rings (SSSR count). The largest absolute Gasteiger partial charge is 0.508 e. The number of rotatable bonds is 0. The minimum atomic E-state index is -1.44. The van der Waals surface area contributed by atoms with Crippen molar-refractivity contribution in [3.8, 4) is 11.5 Å². The number of carbonyl (C=O) groups is 1. The van der Waals surface area contributed by atoms with Gasteiger partial charge in [0.1, 0.15) is 28.8 Å². The van der Waals surface area contributed by atoms with Gasteiger partial charge in [0, 0.05) is 11.6 Å². The minimum absolute atomic E-state index is 0.0802. The first-order valence-electron chi connectivity index (χ1n) is 5.26. The van der Waals surface area contributed by atoms with E-state index in [1.165, 1.54) is 6.92 Å². The molecular formula is C12H14O5. The molecule has 0 saturated heterocycles. The number of phenols is 2. The first kappa shape index (κ1) is 11.7. The smallest absolute Gasteiger partial charge is 0.342 e. The van der Waals surface area contributed by atoms with Gasteiger partial charge in [-0.3, -0.25) is 0 Å². The SMILES string of the molecule is Cc1c(O)cc(O)c2c1C(C)(O)C(C)OC2=O. The van der Waals surface area contributed by atoms with Crippen molar-refractivity contribution in [1.82, 2.24) is 0 Å². The standard InChI is InChI=1S/C12H14O5/c1-5-7(13)4-8(14)9-10(5)12(3,16)6(2)17-11(9)15/h4,6,13-14,16H,1-3H3. The first-order valence-corrected chi connectivity index (χ1v) is 5.26. The molecule has 0 aromatic heterocycles. The molecule has 0 amide bonds. The summed E-state index contributed by atoms with van der Waals surface area (Å²) in [4.78, 5) is 11.7. The molecule has 3 N–H and O–H groups in total. The average molecular weight is 238 g/mol. The van der Waals surface area contributed by atoms with Gasteiger partial charge in [-0.25, -0.2) is 4.79 Å². The van der Waals surface area contributed by atoms with Crippen LogP contribution >= 0.6 is 0 Å². The number of esters is 1. The molecule has 0 aliphatic carbocycles. The molecule has 0 bridgehead atoms. The number of aromatic hydroxyl groups is 2. The predicted octanol–water partition coefficient (Wildman–Crippen LogP) is 1.17. The van der Waals surface area contributed by atoms with E-state index in [0.29, 0.717) is 5.56 Å². The summed E-state index contributed by atoms with van der Waals surface area (Å²) in [6.45, 7) is 4.61. The van der Waals surface area contributed by atoms with Crippen LogP contribution in [0.15, 0.2) is 6.07 Å². The summed E-state index contributed by atoms with van der Waals surface area (Å²) in [7, 11) is 0. The molecule has 1 aliphatic rings. The molecule has 1 aromatic carbocycles. The molecule has 1 aliphatic heterocycles. The topological polar surface area (TPSA) is 87.0 Å². The van der Waals surface area contributed by atoms with Gasteiger partial charge in [-0.1, -0.05) is 0 Å². The van der Waals surface area contributed by atoms with Crippen molar-refractivity contribution in [2.75, 3.05) is 0 Å². The fraction of sp³-hybridized carbons (Fsp3) is 0.417. The molecule has 92 valence electrons. The van der Waals surface area contributed by atoms with Crippen molar-refractivity contribution in [2.45, 2.75) is 32.5 Å². The van der Waals surface area contributed by atoms with Crippen LogP contribution in [0, 0.1) is 6.92 Å². The Balaban J connectivity index is 2.85. The monoisotopic (exact) mass is 238 g/mol. The summed E-state index contributed by atoms with van der Waals surface area (Å²) in [5.74, 6) is -1.25. The van der Waals surface area contributed by atoms with Crippen LogP contribution in [0.3, 0.4) is 0 Å². The maximum atomic E-state index is 11.7. The van der Waals surface area contributed by atoms with E-state index in [2.05, 4.69) is 0 Å². The highest BCUT2D eigenvalue weighted by atomic mass is 16.6. The second-order valence-electron chi connectivity index (χ2n) is 4.48. The number of aliphatic hydroxyl groups is 1. The third-order valence-electron chi connectivity index (χ3n) is 3.32. The normalized spacial score (nSPS) is 27.5. The quantitative estimate of drug-likeness (QED) is 0.591. The van der Waals surface area contributed by atoms with E-state index in [0.717, 1.165) is 6.07 Å². The van der Waals surface area contributed by atoms with E-state index < -0.39 is 17.7 Å². The molecule has 0 fully saturated rings. The van der Waals surface area contributed by atoms with Gasteiger partial charge < -0.3 is 20.1 Å². The maximum Gasteiger partial charge on any atom is 0.342 e. The van der Waals surface area contributed by atoms with Crippen LogP contribution in [0.5, 0.6) is 11.5 Å². The lowest BCUT2D eigenvalue weighted by molar-refractivity contribution is -0.0817. The molecule has 0 radical (unpaired) electrons. The minimum Gasteiger partial charge on any atom is -0.508 e. The highest BCUT2D eigenvalue weighted by Crippen LogP contribution is 2.43. The lowest BCUT2D eigenvalue weighted by Gasteiger charge is -2.37. The molecule has 1 heterocycles. The van der Waals surface area contributed by atoms with Crippen LogP contribution in [0.1, 0.15) is 35.3 Å². The zero-order chi connectivity index (χ0) is 13.0. The van der Waals surface area contributed by atoms with Crippen molar-refractivity contribution in [2.24, 2.45) is 0 Å². The number of ether oxygens (including phenoxy) is 1. The summed E-state index contributed by atoms with van der Waals surface area (Å²) in [5.41, 5.74) is -0.933. The average Bonchev–Trinajstić information content (AvgIpc) is 2.20. The fourth-order valence-electron chi connectivity index (χ4n) is 2.13. The van der Waals surface area contributed by atoms with Crippen molar-refractivity contribution < 1.29 is 24.9 Å². The van der Waals surface area contributed by atoms with E-state index in [-0.39, 0.29) is 22.6 Å². The number of hydrogen-bond donors (Lipinski definition) is 3. The number of carbonyl (C=O) groups excluding carboxylic acids is 1. The second-order valence-corrected chi connectivity index (χ2v) is 4.48. The number of fused-ring (bicyclic) bond motifs is 1. The Morgan fingerprint density at radius 3 is 2.53 bits per heavy atom. The third kappa shape index (κ3) is 1.46. The van der Waals surface area contributed by atoms with Gasteiger partial charge in [-0.15, -0.1) is 0 Å². The van der Waals surface area contributed by atoms with Gasteiger partial charge in [0.25, 0.3) is 0 Å². The molecule has 0 spiro atoms. The maximum absolute atomic E-state index is 11.7. The molecule has 2 unspecified atom stereocenters. The Labute approximate surface area is 98.3 Å². The van der Waals surface area contributed by atoms with E-state index in [4.69, 9.17) is 4.74 Å². The number of hydrogen-bond acceptors (Lipinski definition) is 5. The van der Waals surface area contributed by atoms with Gasteiger partial charge in [-0.05, 0) is 26.3 Å². The Kier molecular flexibility index (Phi) is 2.32. The molecule has 2 atom stereocenters. The van der Waals surface area contributed by atoms with Crippen LogP contribution in [0.4, 0.5) is 0 Å². The van der Waals surface area contributed by atoms with E-state index in [9.17, 15) is 20.1 Å². The van der Waals surface area contributed by atoms with Gasteiger partial charge in [0.2, 0.25) is 0 Å². The van der Waals surface area contributed by atoms with E-state index in [1.807, 2.05) is 0 Å². The third-order valence-corrected chi connectivity index (χ3v) is 3.32. The highest BCUT2D eigenvalue weighted by molar-refractivity contribution is 5.96. The van der Waals surface area contributed by atoms with Crippen molar-refractivity contribution >= 4 is 5.97 Å². The Bertz CT molecular complexity index is 504. The van der Waals surface area contributed by atoms with Gasteiger partial charge >= 0.3 is 5.97 Å². The van der Waals surface area contributed by atoms with Crippen LogP contribution < -0.4 is 0 Å². The molecule has 5 heteroatoms. The van der Waals surface area contributed by atoms with Gasteiger partial charge in [-0.2, -0.15) is 0 Å². The zero-order valence-electron chi connectivity index (χ0n) is 9.81. The molecular weight excluding hydrogens is 224 g/mol. The lowest BCUT2D eigenvalue weighted by Crippen LogP contribution is -2.44. The number of cyclic esters (lactones) is 1. The Morgan fingerprint density at radius 2 is 1.94 bits per heavy atom. The number of benzene rings is 1. The van der Waals surface area contributed by atoms with Crippen molar-refractivity contribution in [3.63, 3.8) is 0 Å². The van der Waals surface area contributed by atoms with Crippen molar-refractivity contribution in [3.05, 3.63) is 22.8 Å². The fourth-order valence-corrected chi connectivity index (χ4v) is 2.13. The van der Waals surface area contributed by atoms with Gasteiger partial charge in [0.05, 0.1) is 0 Å². The summed E-state index contributed by atoms with van der Waals surface area (Å²) in [6, 6.07) is 1.07. The molecule has 17 heavy (non-hydrogen) atoms. The van der Waals surface area contributed by atoms with E-state index in [1.54, 1.807) is 13.8 Å². The lowest BCUT2D eigenvalue weighted by atomic mass is 9.81. The van der Waals surface area contributed by atoms with Crippen LogP contribution in [-0.2, 0) is 10.3 Å².